The molecule has 0 spiro atoms. The van der Waals surface area contributed by atoms with Gasteiger partial charge in [0.05, 0.1) is 7.11 Å². The summed E-state index contributed by atoms with van der Waals surface area (Å²) in [4.78, 5) is 24.4. The maximum Gasteiger partial charge on any atom is 0.322 e. The molecule has 8 nitrogen and oxygen atoms in total. The summed E-state index contributed by atoms with van der Waals surface area (Å²) >= 11 is 0. The molecule has 0 aromatic rings. The zero-order valence-electron chi connectivity index (χ0n) is 9.76. The Morgan fingerprint density at radius 3 is 2.82 bits per heavy atom. The number of hydrogen-bond acceptors (Lipinski definition) is 5. The van der Waals surface area contributed by atoms with Gasteiger partial charge in [-0.1, -0.05) is 5.11 Å². The fourth-order valence-corrected chi connectivity index (χ4v) is 1.14. The fourth-order valence-electron chi connectivity index (χ4n) is 1.14. The van der Waals surface area contributed by atoms with Crippen molar-refractivity contribution in [3.05, 3.63) is 10.4 Å². The van der Waals surface area contributed by atoms with Crippen molar-refractivity contribution in [2.24, 2.45) is 10.8 Å². The first-order valence-electron chi connectivity index (χ1n) is 5.22. The number of azide groups is 1. The summed E-state index contributed by atoms with van der Waals surface area (Å²) in [5.41, 5.74) is 13.5. The van der Waals surface area contributed by atoms with E-state index in [9.17, 15) is 9.59 Å². The van der Waals surface area contributed by atoms with Crippen LogP contribution in [0.2, 0.25) is 0 Å². The molecule has 0 aliphatic carbocycles. The van der Waals surface area contributed by atoms with E-state index in [2.05, 4.69) is 20.1 Å². The van der Waals surface area contributed by atoms with Crippen LogP contribution in [0.4, 0.5) is 0 Å². The number of methoxy groups -OCH3 is 1. The minimum Gasteiger partial charge on any atom is -0.468 e. The minimum atomic E-state index is -0.612. The molecule has 1 amide bonds. The summed E-state index contributed by atoms with van der Waals surface area (Å²) < 4.78 is 4.47. The van der Waals surface area contributed by atoms with E-state index in [4.69, 9.17) is 11.3 Å². The summed E-state index contributed by atoms with van der Waals surface area (Å²) in [6.45, 7) is 0.270. The molecule has 0 unspecified atom stereocenters. The number of hydrogen-bond donors (Lipinski definition) is 2. The third-order valence-electron chi connectivity index (χ3n) is 2.05. The van der Waals surface area contributed by atoms with E-state index in [1.165, 1.54) is 7.11 Å². The summed E-state index contributed by atoms with van der Waals surface area (Å²) in [5.74, 6) is -0.752. The highest BCUT2D eigenvalue weighted by Crippen LogP contribution is 1.99. The molecule has 0 aromatic carbocycles. The molecule has 0 aliphatic rings. The molecule has 0 fully saturated rings. The van der Waals surface area contributed by atoms with Crippen LogP contribution in [0.3, 0.4) is 0 Å². The highest BCUT2D eigenvalue weighted by Gasteiger charge is 2.12. The lowest BCUT2D eigenvalue weighted by atomic mass is 10.1. The molecule has 3 N–H and O–H groups in total. The minimum absolute atomic E-state index is 0.196. The maximum absolute atomic E-state index is 11.0. The normalized spacial score (nSPS) is 11.2. The molecular formula is C9H17N5O3. The van der Waals surface area contributed by atoms with Gasteiger partial charge in [-0.2, -0.15) is 0 Å². The van der Waals surface area contributed by atoms with E-state index >= 15 is 0 Å². The first-order chi connectivity index (χ1) is 8.11. The van der Waals surface area contributed by atoms with Crippen LogP contribution < -0.4 is 11.1 Å². The summed E-state index contributed by atoms with van der Waals surface area (Å²) in [7, 11) is 1.29. The van der Waals surface area contributed by atoms with Crippen LogP contribution in [-0.4, -0.2) is 38.1 Å². The molecule has 96 valence electrons. The second kappa shape index (κ2) is 9.44. The van der Waals surface area contributed by atoms with E-state index in [1.54, 1.807) is 0 Å². The van der Waals surface area contributed by atoms with Crippen molar-refractivity contribution in [3.8, 4) is 0 Å². The standard InChI is InChI=1S/C9H17N5O3/c1-17-9(16)7(10)4-2-3-5-12-8(15)6-13-14-11/h7H,2-6,10H2,1H3,(H,12,15)/t7-/m0/s1. The average Bonchev–Trinajstić information content (AvgIpc) is 2.34. The van der Waals surface area contributed by atoms with Crippen LogP contribution in [0.25, 0.3) is 10.4 Å². The Hall–Kier alpha value is -1.79. The first kappa shape index (κ1) is 15.2. The number of carbonyl (C=O) groups is 2. The van der Waals surface area contributed by atoms with Gasteiger partial charge in [-0.05, 0) is 24.8 Å². The number of nitrogens with zero attached hydrogens (tertiary/aromatic N) is 3. The van der Waals surface area contributed by atoms with Gasteiger partial charge in [-0.25, -0.2) is 0 Å². The predicted molar refractivity (Wildman–Crippen MR) is 60.9 cm³/mol. The number of nitrogens with two attached hydrogens (primary N) is 1. The molecule has 17 heavy (non-hydrogen) atoms. The predicted octanol–water partition coefficient (Wildman–Crippen LogP) is 0.0835. The van der Waals surface area contributed by atoms with E-state index in [-0.39, 0.29) is 12.5 Å². The zero-order valence-corrected chi connectivity index (χ0v) is 9.76. The Balaban J connectivity index is 3.49. The van der Waals surface area contributed by atoms with Crippen molar-refractivity contribution in [1.82, 2.24) is 5.32 Å². The Morgan fingerprint density at radius 2 is 2.24 bits per heavy atom. The van der Waals surface area contributed by atoms with Gasteiger partial charge in [0.25, 0.3) is 0 Å². The quantitative estimate of drug-likeness (QED) is 0.205. The Kier molecular flexibility index (Phi) is 8.44. The molecule has 0 bridgehead atoms. The molecule has 0 heterocycles. The second-order valence-corrected chi connectivity index (χ2v) is 3.36. The number of amides is 1. The molecule has 1 atom stereocenters. The van der Waals surface area contributed by atoms with Crippen LogP contribution in [0.15, 0.2) is 5.11 Å². The van der Waals surface area contributed by atoms with Gasteiger partial charge in [-0.15, -0.1) is 0 Å². The Labute approximate surface area is 99.1 Å². The zero-order chi connectivity index (χ0) is 13.1. The fraction of sp³-hybridized carbons (Fsp3) is 0.778. The average molecular weight is 243 g/mol. The second-order valence-electron chi connectivity index (χ2n) is 3.36. The number of carbonyl (C=O) groups excluding carboxylic acids is 2. The third-order valence-corrected chi connectivity index (χ3v) is 2.05. The van der Waals surface area contributed by atoms with Crippen LogP contribution in [0.5, 0.6) is 0 Å². The van der Waals surface area contributed by atoms with Gasteiger partial charge in [0.1, 0.15) is 12.6 Å². The van der Waals surface area contributed by atoms with Crippen molar-refractivity contribution >= 4 is 11.9 Å². The Morgan fingerprint density at radius 1 is 1.53 bits per heavy atom. The van der Waals surface area contributed by atoms with Crippen molar-refractivity contribution < 1.29 is 14.3 Å². The SMILES string of the molecule is COC(=O)[C@@H](N)CCCCNC(=O)CN=[N+]=[N-]. The highest BCUT2D eigenvalue weighted by molar-refractivity contribution is 5.78. The van der Waals surface area contributed by atoms with Crippen molar-refractivity contribution in [2.75, 3.05) is 20.2 Å². The van der Waals surface area contributed by atoms with Gasteiger partial charge in [0.2, 0.25) is 5.91 Å². The molecule has 0 aromatic heterocycles. The molecule has 0 saturated heterocycles. The molecular weight excluding hydrogens is 226 g/mol. The molecule has 0 saturated carbocycles. The smallest absolute Gasteiger partial charge is 0.322 e. The topological polar surface area (TPSA) is 130 Å². The lowest BCUT2D eigenvalue weighted by Gasteiger charge is -2.08. The number of esters is 1. The van der Waals surface area contributed by atoms with Crippen LogP contribution in [0.1, 0.15) is 19.3 Å². The third kappa shape index (κ3) is 8.06. The first-order valence-corrected chi connectivity index (χ1v) is 5.22. The molecule has 0 rings (SSSR count). The highest BCUT2D eigenvalue weighted by atomic mass is 16.5. The van der Waals surface area contributed by atoms with Crippen molar-refractivity contribution in [1.29, 1.82) is 0 Å². The van der Waals surface area contributed by atoms with E-state index < -0.39 is 12.0 Å². The number of unbranched alkanes of at least 4 members (excludes halogenated alkanes) is 1. The Bertz CT molecular complexity index is 301. The molecule has 0 aliphatic heterocycles. The number of rotatable bonds is 8. The van der Waals surface area contributed by atoms with Gasteiger partial charge in [0, 0.05) is 11.5 Å². The summed E-state index contributed by atoms with van der Waals surface area (Å²) in [6.07, 6.45) is 1.92. The van der Waals surface area contributed by atoms with Crippen molar-refractivity contribution in [2.45, 2.75) is 25.3 Å². The van der Waals surface area contributed by atoms with E-state index in [0.29, 0.717) is 25.8 Å². The summed E-state index contributed by atoms with van der Waals surface area (Å²) in [6, 6.07) is -0.612. The molecule has 8 heteroatoms. The van der Waals surface area contributed by atoms with Crippen LogP contribution >= 0.6 is 0 Å². The lowest BCUT2D eigenvalue weighted by molar-refractivity contribution is -0.142. The van der Waals surface area contributed by atoms with Crippen LogP contribution in [0, 0.1) is 0 Å². The number of ether oxygens (including phenoxy) is 1. The van der Waals surface area contributed by atoms with Gasteiger partial charge in [-0.3, -0.25) is 9.59 Å². The van der Waals surface area contributed by atoms with E-state index in [1.807, 2.05) is 0 Å². The van der Waals surface area contributed by atoms with Crippen molar-refractivity contribution in [3.63, 3.8) is 0 Å². The number of nitrogens with one attached hydrogen (secondary N) is 1. The molecule has 0 radical (unpaired) electrons. The lowest BCUT2D eigenvalue weighted by Crippen LogP contribution is -2.32. The largest absolute Gasteiger partial charge is 0.468 e. The monoisotopic (exact) mass is 243 g/mol. The van der Waals surface area contributed by atoms with Gasteiger partial charge >= 0.3 is 5.97 Å². The summed E-state index contributed by atoms with van der Waals surface area (Å²) in [5, 5.41) is 5.69. The van der Waals surface area contributed by atoms with Crippen LogP contribution in [-0.2, 0) is 14.3 Å². The van der Waals surface area contributed by atoms with Gasteiger partial charge in [0.15, 0.2) is 0 Å². The maximum atomic E-state index is 11.0. The van der Waals surface area contributed by atoms with Gasteiger partial charge < -0.3 is 15.8 Å². The van der Waals surface area contributed by atoms with E-state index in [0.717, 1.165) is 0 Å².